The predicted octanol–water partition coefficient (Wildman–Crippen LogP) is 1.47. The van der Waals surface area contributed by atoms with E-state index >= 15 is 0 Å². The van der Waals surface area contributed by atoms with E-state index < -0.39 is 0 Å². The van der Waals surface area contributed by atoms with Gasteiger partial charge < -0.3 is 10.2 Å². The molecule has 1 saturated heterocycles. The Morgan fingerprint density at radius 2 is 2.17 bits per heavy atom. The molecule has 0 aromatic carbocycles. The molecule has 12 heavy (non-hydrogen) atoms. The molecule has 1 rings (SSSR count). The van der Waals surface area contributed by atoms with Gasteiger partial charge in [-0.05, 0) is 33.7 Å². The zero-order valence-electron chi connectivity index (χ0n) is 8.85. The summed E-state index contributed by atoms with van der Waals surface area (Å²) in [7, 11) is 0. The molecule has 0 bridgehead atoms. The van der Waals surface area contributed by atoms with Crippen molar-refractivity contribution < 1.29 is 0 Å². The van der Waals surface area contributed by atoms with Gasteiger partial charge in [-0.15, -0.1) is 0 Å². The molecular formula is C10H22N2. The second-order valence-corrected chi connectivity index (χ2v) is 4.66. The Balaban J connectivity index is 2.46. The minimum Gasteiger partial charge on any atom is -0.307 e. The first-order valence-corrected chi connectivity index (χ1v) is 5.03. The summed E-state index contributed by atoms with van der Waals surface area (Å²) in [5.41, 5.74) is 0.298. The van der Waals surface area contributed by atoms with Gasteiger partial charge >= 0.3 is 0 Å². The maximum absolute atomic E-state index is 3.60. The summed E-state index contributed by atoms with van der Waals surface area (Å²) in [6.45, 7) is 12.7. The summed E-state index contributed by atoms with van der Waals surface area (Å²) in [5, 5.41) is 3.60. The smallest absolute Gasteiger partial charge is 0.0255 e. The van der Waals surface area contributed by atoms with Crippen LogP contribution in [-0.4, -0.2) is 36.1 Å². The quantitative estimate of drug-likeness (QED) is 0.675. The van der Waals surface area contributed by atoms with Gasteiger partial charge in [-0.3, -0.25) is 0 Å². The summed E-state index contributed by atoms with van der Waals surface area (Å²) in [6.07, 6.45) is 1.27. The molecule has 1 N–H and O–H groups in total. The largest absolute Gasteiger partial charge is 0.307 e. The normalized spacial score (nSPS) is 30.5. The van der Waals surface area contributed by atoms with Crippen molar-refractivity contribution in [2.75, 3.05) is 19.6 Å². The van der Waals surface area contributed by atoms with Crippen LogP contribution in [0.2, 0.25) is 0 Å². The highest BCUT2D eigenvalue weighted by molar-refractivity contribution is 4.90. The molecule has 1 aliphatic rings. The van der Waals surface area contributed by atoms with Gasteiger partial charge in [0.25, 0.3) is 0 Å². The van der Waals surface area contributed by atoms with Crippen molar-refractivity contribution in [3.05, 3.63) is 0 Å². The summed E-state index contributed by atoms with van der Waals surface area (Å²) >= 11 is 0. The standard InChI is InChI=1S/C10H22N2/c1-5-6-12-7-9(2)11-10(3,4)8-12/h9,11H,5-8H2,1-4H3. The Morgan fingerprint density at radius 3 is 2.67 bits per heavy atom. The molecule has 1 atom stereocenters. The third-order valence-electron chi connectivity index (χ3n) is 2.33. The Hall–Kier alpha value is -0.0800. The van der Waals surface area contributed by atoms with Gasteiger partial charge in [-0.25, -0.2) is 0 Å². The fourth-order valence-corrected chi connectivity index (χ4v) is 2.26. The highest BCUT2D eigenvalue weighted by Gasteiger charge is 2.28. The fraction of sp³-hybridized carbons (Fsp3) is 1.00. The lowest BCUT2D eigenvalue weighted by atomic mass is 9.99. The summed E-state index contributed by atoms with van der Waals surface area (Å²) in [4.78, 5) is 2.56. The molecule has 1 unspecified atom stereocenters. The van der Waals surface area contributed by atoms with Crippen molar-refractivity contribution in [2.24, 2.45) is 0 Å². The van der Waals surface area contributed by atoms with Crippen LogP contribution in [0.4, 0.5) is 0 Å². The van der Waals surface area contributed by atoms with Crippen molar-refractivity contribution in [3.8, 4) is 0 Å². The van der Waals surface area contributed by atoms with Crippen molar-refractivity contribution in [1.29, 1.82) is 0 Å². The van der Waals surface area contributed by atoms with E-state index in [9.17, 15) is 0 Å². The third kappa shape index (κ3) is 2.76. The Bertz CT molecular complexity index is 143. The van der Waals surface area contributed by atoms with Gasteiger partial charge in [0, 0.05) is 24.7 Å². The maximum Gasteiger partial charge on any atom is 0.0255 e. The first-order valence-electron chi connectivity index (χ1n) is 5.03. The Morgan fingerprint density at radius 1 is 1.50 bits per heavy atom. The van der Waals surface area contributed by atoms with E-state index in [-0.39, 0.29) is 0 Å². The van der Waals surface area contributed by atoms with E-state index in [4.69, 9.17) is 0 Å². The second kappa shape index (κ2) is 3.75. The monoisotopic (exact) mass is 170 g/mol. The Labute approximate surface area is 76.3 Å². The zero-order chi connectivity index (χ0) is 9.19. The first-order chi connectivity index (χ1) is 5.53. The molecule has 1 heterocycles. The summed E-state index contributed by atoms with van der Waals surface area (Å²) < 4.78 is 0. The number of hydrogen-bond acceptors (Lipinski definition) is 2. The van der Waals surface area contributed by atoms with Crippen LogP contribution in [0.25, 0.3) is 0 Å². The molecule has 2 heteroatoms. The SMILES string of the molecule is CCCN1CC(C)NC(C)(C)C1. The van der Waals surface area contributed by atoms with Crippen molar-refractivity contribution in [2.45, 2.75) is 45.7 Å². The van der Waals surface area contributed by atoms with Gasteiger partial charge in [0.1, 0.15) is 0 Å². The number of nitrogens with one attached hydrogen (secondary N) is 1. The second-order valence-electron chi connectivity index (χ2n) is 4.66. The van der Waals surface area contributed by atoms with Crippen LogP contribution in [0.15, 0.2) is 0 Å². The number of nitrogens with zero attached hydrogens (tertiary/aromatic N) is 1. The van der Waals surface area contributed by atoms with Gasteiger partial charge in [0.05, 0.1) is 0 Å². The molecule has 1 fully saturated rings. The maximum atomic E-state index is 3.60. The van der Waals surface area contributed by atoms with E-state index in [0.717, 1.165) is 0 Å². The molecule has 0 aromatic heterocycles. The first kappa shape index (κ1) is 10.0. The van der Waals surface area contributed by atoms with Crippen LogP contribution in [0.1, 0.15) is 34.1 Å². The fourth-order valence-electron chi connectivity index (χ4n) is 2.26. The molecule has 0 aliphatic carbocycles. The van der Waals surface area contributed by atoms with E-state index in [2.05, 4.69) is 37.9 Å². The van der Waals surface area contributed by atoms with Crippen LogP contribution in [-0.2, 0) is 0 Å². The van der Waals surface area contributed by atoms with Crippen molar-refractivity contribution in [3.63, 3.8) is 0 Å². The average Bonchev–Trinajstić information content (AvgIpc) is 1.82. The summed E-state index contributed by atoms with van der Waals surface area (Å²) in [5.74, 6) is 0. The highest BCUT2D eigenvalue weighted by Crippen LogP contribution is 2.13. The van der Waals surface area contributed by atoms with E-state index in [1.54, 1.807) is 0 Å². The predicted molar refractivity (Wildman–Crippen MR) is 53.4 cm³/mol. The average molecular weight is 170 g/mol. The third-order valence-corrected chi connectivity index (χ3v) is 2.33. The molecule has 0 spiro atoms. The molecule has 0 saturated carbocycles. The molecule has 1 aliphatic heterocycles. The van der Waals surface area contributed by atoms with Crippen LogP contribution in [0.5, 0.6) is 0 Å². The van der Waals surface area contributed by atoms with Gasteiger partial charge in [-0.1, -0.05) is 6.92 Å². The highest BCUT2D eigenvalue weighted by atomic mass is 15.2. The lowest BCUT2D eigenvalue weighted by molar-refractivity contribution is 0.124. The van der Waals surface area contributed by atoms with Gasteiger partial charge in [-0.2, -0.15) is 0 Å². The number of piperazine rings is 1. The minimum atomic E-state index is 0.298. The lowest BCUT2D eigenvalue weighted by Gasteiger charge is -2.42. The van der Waals surface area contributed by atoms with Crippen LogP contribution in [0.3, 0.4) is 0 Å². The van der Waals surface area contributed by atoms with Gasteiger partial charge in [0.2, 0.25) is 0 Å². The Kier molecular flexibility index (Phi) is 3.13. The molecule has 0 amide bonds. The van der Waals surface area contributed by atoms with Crippen LogP contribution < -0.4 is 5.32 Å². The number of rotatable bonds is 2. The number of hydrogen-bond donors (Lipinski definition) is 1. The molecule has 2 nitrogen and oxygen atoms in total. The molecule has 72 valence electrons. The van der Waals surface area contributed by atoms with E-state index in [1.807, 2.05) is 0 Å². The lowest BCUT2D eigenvalue weighted by Crippen LogP contribution is -2.61. The van der Waals surface area contributed by atoms with E-state index in [1.165, 1.54) is 26.1 Å². The van der Waals surface area contributed by atoms with E-state index in [0.29, 0.717) is 11.6 Å². The topological polar surface area (TPSA) is 15.3 Å². The van der Waals surface area contributed by atoms with Crippen LogP contribution in [0, 0.1) is 0 Å². The molecule has 0 aromatic rings. The van der Waals surface area contributed by atoms with Crippen LogP contribution >= 0.6 is 0 Å². The molecular weight excluding hydrogens is 148 g/mol. The minimum absolute atomic E-state index is 0.298. The van der Waals surface area contributed by atoms with Gasteiger partial charge in [0.15, 0.2) is 0 Å². The van der Waals surface area contributed by atoms with Crippen molar-refractivity contribution in [1.82, 2.24) is 10.2 Å². The molecule has 0 radical (unpaired) electrons. The summed E-state index contributed by atoms with van der Waals surface area (Å²) in [6, 6.07) is 0.639. The van der Waals surface area contributed by atoms with Crippen molar-refractivity contribution >= 4 is 0 Å². The zero-order valence-corrected chi connectivity index (χ0v) is 8.85.